The molecule has 5 heteroatoms. The molecule has 0 aliphatic heterocycles. The Balaban J connectivity index is 0. The number of rotatable bonds is 26. The fourth-order valence-electron chi connectivity index (χ4n) is 4.57. The van der Waals surface area contributed by atoms with E-state index in [1.54, 1.807) is 0 Å². The van der Waals surface area contributed by atoms with Crippen LogP contribution in [-0.4, -0.2) is 55.8 Å². The summed E-state index contributed by atoms with van der Waals surface area (Å²) in [6.45, 7) is 5.02. The summed E-state index contributed by atoms with van der Waals surface area (Å²) in [5, 5.41) is 12.1. The van der Waals surface area contributed by atoms with Crippen molar-refractivity contribution in [1.29, 1.82) is 0 Å². The molecule has 0 aliphatic carbocycles. The second kappa shape index (κ2) is 27.3. The van der Waals surface area contributed by atoms with Crippen LogP contribution in [0.5, 0.6) is 0 Å². The van der Waals surface area contributed by atoms with Crippen molar-refractivity contribution in [1.82, 2.24) is 5.32 Å². The molecule has 0 unspecified atom stereocenters. The number of halogens is 1. The number of nitrogens with one attached hydrogen (secondary N) is 1. The first-order chi connectivity index (χ1) is 16.0. The second-order valence-electron chi connectivity index (χ2n) is 10.9. The van der Waals surface area contributed by atoms with Crippen LogP contribution in [-0.2, 0) is 4.79 Å². The molecule has 206 valence electrons. The quantitative estimate of drug-likeness (QED) is 0.135. The lowest BCUT2D eigenvalue weighted by Crippen LogP contribution is -3.00. The van der Waals surface area contributed by atoms with Gasteiger partial charge in [0.15, 0.2) is 0 Å². The first kappa shape index (κ1) is 35.8. The minimum Gasteiger partial charge on any atom is -1.00 e. The van der Waals surface area contributed by atoms with E-state index < -0.39 is 0 Å². The molecule has 0 aromatic carbocycles. The van der Waals surface area contributed by atoms with Crippen molar-refractivity contribution < 1.29 is 26.8 Å². The van der Waals surface area contributed by atoms with Crippen LogP contribution in [0.25, 0.3) is 0 Å². The van der Waals surface area contributed by atoms with Gasteiger partial charge in [-0.05, 0) is 6.42 Å². The highest BCUT2D eigenvalue weighted by atomic mass is 35.5. The van der Waals surface area contributed by atoms with E-state index in [1.165, 1.54) is 116 Å². The third kappa shape index (κ3) is 27.9. The standard InChI is InChI=1S/C29H60N2O2.ClH/c1-4-5-6-7-8-9-10-11-12-13-14-15-16-17-18-19-20-21-22-24-29(33)30-25-23-26-31(2,3)27-28-32;/h32H,4-28H2,1-3H3;1H. The zero-order chi connectivity index (χ0) is 24.5. The SMILES string of the molecule is CCCCCCCCCCCCCCCCCCCCCC(=O)NCCC[N+](C)(C)CCO.[Cl-]. The Morgan fingerprint density at radius 2 is 1.00 bits per heavy atom. The normalized spacial score (nSPS) is 11.4. The summed E-state index contributed by atoms with van der Waals surface area (Å²) in [7, 11) is 4.24. The molecular formula is C29H61ClN2O2. The van der Waals surface area contributed by atoms with Gasteiger partial charge in [-0.1, -0.05) is 122 Å². The van der Waals surface area contributed by atoms with Gasteiger partial charge in [-0.2, -0.15) is 0 Å². The van der Waals surface area contributed by atoms with Gasteiger partial charge in [-0.15, -0.1) is 0 Å². The fraction of sp³-hybridized carbons (Fsp3) is 0.966. The van der Waals surface area contributed by atoms with Gasteiger partial charge in [-0.3, -0.25) is 4.79 Å². The van der Waals surface area contributed by atoms with Crippen molar-refractivity contribution in [3.05, 3.63) is 0 Å². The van der Waals surface area contributed by atoms with Crippen molar-refractivity contribution in [3.8, 4) is 0 Å². The molecule has 0 radical (unpaired) electrons. The highest BCUT2D eigenvalue weighted by Crippen LogP contribution is 2.14. The number of hydrogen-bond donors (Lipinski definition) is 2. The molecule has 34 heavy (non-hydrogen) atoms. The molecule has 0 spiro atoms. The Morgan fingerprint density at radius 1 is 0.618 bits per heavy atom. The van der Waals surface area contributed by atoms with Crippen LogP contribution >= 0.6 is 0 Å². The Labute approximate surface area is 220 Å². The Bertz CT molecular complexity index is 419. The molecule has 0 atom stereocenters. The van der Waals surface area contributed by atoms with Crippen LogP contribution in [0.1, 0.15) is 142 Å². The maximum absolute atomic E-state index is 11.9. The number of carbonyl (C=O) groups excluding carboxylic acids is 1. The van der Waals surface area contributed by atoms with Crippen molar-refractivity contribution in [2.45, 2.75) is 142 Å². The molecule has 0 fully saturated rings. The van der Waals surface area contributed by atoms with E-state index in [9.17, 15) is 4.79 Å². The summed E-state index contributed by atoms with van der Waals surface area (Å²) in [5.41, 5.74) is 0. The number of unbranched alkanes of at least 4 members (excludes halogenated alkanes) is 18. The smallest absolute Gasteiger partial charge is 0.219 e. The molecule has 2 N–H and O–H groups in total. The number of quaternary nitrogens is 1. The summed E-state index contributed by atoms with van der Waals surface area (Å²) in [5.74, 6) is 0.203. The largest absolute Gasteiger partial charge is 1.00 e. The van der Waals surface area contributed by atoms with Gasteiger partial charge in [0.1, 0.15) is 6.54 Å². The number of carbonyl (C=O) groups is 1. The van der Waals surface area contributed by atoms with Crippen LogP contribution in [0.2, 0.25) is 0 Å². The average molecular weight is 505 g/mol. The highest BCUT2D eigenvalue weighted by Gasteiger charge is 2.13. The lowest BCUT2D eigenvalue weighted by atomic mass is 10.0. The van der Waals surface area contributed by atoms with Crippen molar-refractivity contribution in [2.24, 2.45) is 0 Å². The van der Waals surface area contributed by atoms with Crippen LogP contribution in [0, 0.1) is 0 Å². The lowest BCUT2D eigenvalue weighted by molar-refractivity contribution is -0.890. The Hall–Kier alpha value is -0.320. The second-order valence-corrected chi connectivity index (χ2v) is 10.9. The lowest BCUT2D eigenvalue weighted by Gasteiger charge is -2.28. The van der Waals surface area contributed by atoms with E-state index >= 15 is 0 Å². The van der Waals surface area contributed by atoms with Gasteiger partial charge >= 0.3 is 0 Å². The highest BCUT2D eigenvalue weighted by molar-refractivity contribution is 5.75. The van der Waals surface area contributed by atoms with Crippen LogP contribution < -0.4 is 17.7 Å². The first-order valence-electron chi connectivity index (χ1n) is 14.7. The summed E-state index contributed by atoms with van der Waals surface area (Å²) in [6, 6.07) is 0. The predicted octanol–water partition coefficient (Wildman–Crippen LogP) is 4.39. The van der Waals surface area contributed by atoms with Crippen molar-refractivity contribution in [2.75, 3.05) is 40.3 Å². The average Bonchev–Trinajstić information content (AvgIpc) is 2.78. The molecule has 0 rings (SSSR count). The summed E-state index contributed by atoms with van der Waals surface area (Å²) >= 11 is 0. The number of hydrogen-bond acceptors (Lipinski definition) is 2. The van der Waals surface area contributed by atoms with Gasteiger partial charge in [0.2, 0.25) is 5.91 Å². The summed E-state index contributed by atoms with van der Waals surface area (Å²) < 4.78 is 0.811. The van der Waals surface area contributed by atoms with Gasteiger partial charge in [0.05, 0.1) is 27.2 Å². The minimum absolute atomic E-state index is 0. The van der Waals surface area contributed by atoms with Crippen molar-refractivity contribution >= 4 is 5.91 Å². The van der Waals surface area contributed by atoms with Crippen LogP contribution in [0.15, 0.2) is 0 Å². The molecule has 0 saturated carbocycles. The minimum atomic E-state index is 0. The Morgan fingerprint density at radius 3 is 1.38 bits per heavy atom. The molecule has 1 amide bonds. The third-order valence-corrected chi connectivity index (χ3v) is 6.98. The van der Waals surface area contributed by atoms with E-state index in [1.807, 2.05) is 0 Å². The monoisotopic (exact) mass is 504 g/mol. The van der Waals surface area contributed by atoms with E-state index in [2.05, 4.69) is 26.3 Å². The molecule has 0 bridgehead atoms. The number of aliphatic hydroxyl groups excluding tert-OH is 1. The van der Waals surface area contributed by atoms with Gasteiger partial charge in [0, 0.05) is 19.4 Å². The third-order valence-electron chi connectivity index (χ3n) is 6.98. The van der Waals surface area contributed by atoms with Crippen LogP contribution in [0.3, 0.4) is 0 Å². The Kier molecular flexibility index (Phi) is 28.7. The number of likely N-dealkylation sites (N-methyl/N-ethyl adjacent to an activating group) is 1. The predicted molar refractivity (Wildman–Crippen MR) is 145 cm³/mol. The van der Waals surface area contributed by atoms with E-state index in [-0.39, 0.29) is 24.9 Å². The fourth-order valence-corrected chi connectivity index (χ4v) is 4.57. The van der Waals surface area contributed by atoms with E-state index in [0.29, 0.717) is 6.42 Å². The molecule has 0 heterocycles. The van der Waals surface area contributed by atoms with E-state index in [0.717, 1.165) is 37.0 Å². The maximum atomic E-state index is 11.9. The van der Waals surface area contributed by atoms with Gasteiger partial charge in [0.25, 0.3) is 0 Å². The molecule has 4 nitrogen and oxygen atoms in total. The zero-order valence-electron chi connectivity index (χ0n) is 23.4. The zero-order valence-corrected chi connectivity index (χ0v) is 24.1. The first-order valence-corrected chi connectivity index (χ1v) is 14.7. The number of aliphatic hydroxyl groups is 1. The van der Waals surface area contributed by atoms with E-state index in [4.69, 9.17) is 5.11 Å². The maximum Gasteiger partial charge on any atom is 0.219 e. The molecule has 0 aromatic rings. The van der Waals surface area contributed by atoms with Gasteiger partial charge < -0.3 is 27.3 Å². The molecule has 0 saturated heterocycles. The molecule has 0 aliphatic rings. The van der Waals surface area contributed by atoms with Crippen LogP contribution in [0.4, 0.5) is 0 Å². The topological polar surface area (TPSA) is 49.3 Å². The molecule has 0 aromatic heterocycles. The summed E-state index contributed by atoms with van der Waals surface area (Å²) in [4.78, 5) is 11.9. The number of amides is 1. The molecular weight excluding hydrogens is 444 g/mol. The number of nitrogens with zero attached hydrogens (tertiary/aromatic N) is 1. The summed E-state index contributed by atoms with van der Waals surface area (Å²) in [6.07, 6.45) is 27.9. The van der Waals surface area contributed by atoms with Crippen molar-refractivity contribution in [3.63, 3.8) is 0 Å². The van der Waals surface area contributed by atoms with Gasteiger partial charge in [-0.25, -0.2) is 0 Å².